The van der Waals surface area contributed by atoms with Crippen molar-refractivity contribution < 1.29 is 0 Å². The first-order valence-corrected chi connectivity index (χ1v) is 13.4. The Hall–Kier alpha value is -5.23. The predicted molar refractivity (Wildman–Crippen MR) is 158 cm³/mol. The Kier molecular flexibility index (Phi) is 4.76. The van der Waals surface area contributed by atoms with Crippen LogP contribution in [0.4, 0.5) is 0 Å². The summed E-state index contributed by atoms with van der Waals surface area (Å²) >= 11 is 0. The summed E-state index contributed by atoms with van der Waals surface area (Å²) in [5.41, 5.74) is 8.67. The zero-order chi connectivity index (χ0) is 26.8. The van der Waals surface area contributed by atoms with Crippen LogP contribution >= 0.6 is 0 Å². The second kappa shape index (κ2) is 8.38. The molecule has 0 saturated heterocycles. The van der Waals surface area contributed by atoms with Crippen LogP contribution in [-0.2, 0) is 5.41 Å². The third-order valence-electron chi connectivity index (χ3n) is 7.99. The lowest BCUT2D eigenvalue weighted by Gasteiger charge is -2.34. The van der Waals surface area contributed by atoms with Crippen LogP contribution in [0.3, 0.4) is 0 Å². The van der Waals surface area contributed by atoms with Crippen molar-refractivity contribution in [3.8, 4) is 40.0 Å². The van der Waals surface area contributed by atoms with Crippen molar-refractivity contribution in [2.75, 3.05) is 0 Å². The average molecular weight is 517 g/mol. The van der Waals surface area contributed by atoms with E-state index in [-0.39, 0.29) is 5.41 Å². The monoisotopic (exact) mass is 516 g/mol. The standard InChI is InChI=1S/C34H24N6/c1-34(2)25-11-3-4-14-29(25)40-28-16-15-21(19-24(28)23-10-7-12-26(34)30(23)40)31-37-32(22-9-8-17-35-20-22)39-33(38-31)27-13-5-6-18-36-27/h3-20H,1-2H3. The van der Waals surface area contributed by atoms with E-state index in [4.69, 9.17) is 15.0 Å². The fourth-order valence-electron chi connectivity index (χ4n) is 6.04. The molecule has 0 N–H and O–H groups in total. The normalized spacial score (nSPS) is 13.4. The molecule has 0 aliphatic carbocycles. The third kappa shape index (κ3) is 3.26. The molecule has 1 aliphatic rings. The fraction of sp³-hybridized carbons (Fsp3) is 0.0882. The second-order valence-electron chi connectivity index (χ2n) is 10.7. The molecule has 3 aromatic carbocycles. The third-order valence-corrected chi connectivity index (χ3v) is 7.99. The van der Waals surface area contributed by atoms with E-state index < -0.39 is 0 Å². The first kappa shape index (κ1) is 22.7. The summed E-state index contributed by atoms with van der Waals surface area (Å²) in [5.74, 6) is 1.70. The summed E-state index contributed by atoms with van der Waals surface area (Å²) < 4.78 is 2.41. The number of hydrogen-bond acceptors (Lipinski definition) is 5. The molecule has 5 heterocycles. The molecule has 6 heteroatoms. The van der Waals surface area contributed by atoms with Gasteiger partial charge in [-0.05, 0) is 59.7 Å². The summed E-state index contributed by atoms with van der Waals surface area (Å²) in [6.45, 7) is 4.63. The van der Waals surface area contributed by atoms with E-state index >= 15 is 0 Å². The minimum absolute atomic E-state index is 0.103. The molecule has 7 aromatic rings. The molecule has 1 aliphatic heterocycles. The molecule has 6 nitrogen and oxygen atoms in total. The van der Waals surface area contributed by atoms with E-state index in [0.29, 0.717) is 23.2 Å². The molecule has 0 radical (unpaired) electrons. The van der Waals surface area contributed by atoms with Crippen LogP contribution in [0.25, 0.3) is 61.8 Å². The van der Waals surface area contributed by atoms with Crippen LogP contribution in [0, 0.1) is 0 Å². The Morgan fingerprint density at radius 3 is 2.25 bits per heavy atom. The first-order chi connectivity index (χ1) is 19.6. The van der Waals surface area contributed by atoms with Gasteiger partial charge < -0.3 is 4.57 Å². The van der Waals surface area contributed by atoms with Gasteiger partial charge in [-0.25, -0.2) is 15.0 Å². The van der Waals surface area contributed by atoms with Gasteiger partial charge in [0.2, 0.25) is 0 Å². The molecule has 0 amide bonds. The number of benzene rings is 3. The SMILES string of the molecule is CC1(C)c2ccccc2-n2c3ccc(-c4nc(-c5cccnc5)nc(-c5ccccn5)n4)cc3c3cccc1c32. The zero-order valence-electron chi connectivity index (χ0n) is 22.1. The van der Waals surface area contributed by atoms with Crippen molar-refractivity contribution >= 4 is 21.8 Å². The number of fused-ring (bicyclic) bond motifs is 5. The van der Waals surface area contributed by atoms with Gasteiger partial charge in [-0.1, -0.05) is 56.3 Å². The van der Waals surface area contributed by atoms with Crippen molar-refractivity contribution in [3.63, 3.8) is 0 Å². The van der Waals surface area contributed by atoms with Gasteiger partial charge in [0.25, 0.3) is 0 Å². The minimum atomic E-state index is -0.103. The molecular formula is C34H24N6. The largest absolute Gasteiger partial charge is 0.309 e. The first-order valence-electron chi connectivity index (χ1n) is 13.4. The van der Waals surface area contributed by atoms with Crippen LogP contribution < -0.4 is 0 Å². The lowest BCUT2D eigenvalue weighted by Crippen LogP contribution is -2.26. The van der Waals surface area contributed by atoms with Gasteiger partial charge in [0.1, 0.15) is 5.69 Å². The molecule has 0 spiro atoms. The maximum Gasteiger partial charge on any atom is 0.182 e. The molecule has 0 bridgehead atoms. The highest BCUT2D eigenvalue weighted by Crippen LogP contribution is 2.47. The van der Waals surface area contributed by atoms with Crippen LogP contribution in [0.5, 0.6) is 0 Å². The van der Waals surface area contributed by atoms with Gasteiger partial charge in [0.05, 0.1) is 16.7 Å². The highest BCUT2D eigenvalue weighted by atomic mass is 15.0. The number of nitrogens with zero attached hydrogens (tertiary/aromatic N) is 6. The molecule has 40 heavy (non-hydrogen) atoms. The summed E-state index contributed by atoms with van der Waals surface area (Å²) in [7, 11) is 0. The van der Waals surface area contributed by atoms with Gasteiger partial charge in [0.15, 0.2) is 17.5 Å². The summed E-state index contributed by atoms with van der Waals surface area (Å²) in [4.78, 5) is 23.3. The molecule has 0 unspecified atom stereocenters. The van der Waals surface area contributed by atoms with E-state index in [1.165, 1.54) is 38.6 Å². The molecule has 8 rings (SSSR count). The Labute approximate surface area is 231 Å². The van der Waals surface area contributed by atoms with Crippen molar-refractivity contribution in [2.45, 2.75) is 19.3 Å². The summed E-state index contributed by atoms with van der Waals surface area (Å²) in [5, 5.41) is 2.40. The van der Waals surface area contributed by atoms with E-state index in [1.807, 2.05) is 30.3 Å². The summed E-state index contributed by atoms with van der Waals surface area (Å²) in [6, 6.07) is 31.5. The smallest absolute Gasteiger partial charge is 0.182 e. The maximum absolute atomic E-state index is 4.91. The molecule has 0 fully saturated rings. The molecule has 0 saturated carbocycles. The Balaban J connectivity index is 1.39. The molecule has 0 atom stereocenters. The quantitative estimate of drug-likeness (QED) is 0.245. The highest BCUT2D eigenvalue weighted by molar-refractivity contribution is 6.12. The average Bonchev–Trinajstić information content (AvgIpc) is 3.35. The van der Waals surface area contributed by atoms with E-state index in [9.17, 15) is 0 Å². The van der Waals surface area contributed by atoms with Gasteiger partial charge in [-0.3, -0.25) is 9.97 Å². The van der Waals surface area contributed by atoms with Gasteiger partial charge in [-0.2, -0.15) is 0 Å². The van der Waals surface area contributed by atoms with Crippen molar-refractivity contribution in [2.24, 2.45) is 0 Å². The highest BCUT2D eigenvalue weighted by Gasteiger charge is 2.34. The Bertz CT molecular complexity index is 2020. The van der Waals surface area contributed by atoms with E-state index in [2.05, 4.69) is 89.0 Å². The van der Waals surface area contributed by atoms with E-state index in [1.54, 1.807) is 18.6 Å². The topological polar surface area (TPSA) is 69.4 Å². The van der Waals surface area contributed by atoms with E-state index in [0.717, 1.165) is 11.1 Å². The number of aromatic nitrogens is 6. The number of para-hydroxylation sites is 2. The van der Waals surface area contributed by atoms with Crippen molar-refractivity contribution in [1.29, 1.82) is 0 Å². The number of hydrogen-bond donors (Lipinski definition) is 0. The lowest BCUT2D eigenvalue weighted by molar-refractivity contribution is 0.630. The Morgan fingerprint density at radius 1 is 0.625 bits per heavy atom. The van der Waals surface area contributed by atoms with Crippen LogP contribution in [0.1, 0.15) is 25.0 Å². The second-order valence-corrected chi connectivity index (χ2v) is 10.7. The van der Waals surface area contributed by atoms with Crippen molar-refractivity contribution in [3.05, 3.63) is 121 Å². The summed E-state index contributed by atoms with van der Waals surface area (Å²) in [6.07, 6.45) is 5.27. The fourth-order valence-corrected chi connectivity index (χ4v) is 6.04. The minimum Gasteiger partial charge on any atom is -0.309 e. The Morgan fingerprint density at radius 2 is 1.43 bits per heavy atom. The predicted octanol–water partition coefficient (Wildman–Crippen LogP) is 7.40. The van der Waals surface area contributed by atoms with Crippen LogP contribution in [0.15, 0.2) is 110 Å². The van der Waals surface area contributed by atoms with Gasteiger partial charge in [0, 0.05) is 45.9 Å². The maximum atomic E-state index is 4.91. The lowest BCUT2D eigenvalue weighted by atomic mass is 9.75. The molecular weight excluding hydrogens is 492 g/mol. The van der Waals surface area contributed by atoms with Crippen molar-refractivity contribution in [1.82, 2.24) is 29.5 Å². The zero-order valence-corrected chi connectivity index (χ0v) is 22.1. The molecule has 4 aromatic heterocycles. The van der Waals surface area contributed by atoms with Crippen LogP contribution in [0.2, 0.25) is 0 Å². The van der Waals surface area contributed by atoms with Gasteiger partial charge in [-0.15, -0.1) is 0 Å². The van der Waals surface area contributed by atoms with Crippen LogP contribution in [-0.4, -0.2) is 29.5 Å². The molecule has 190 valence electrons. The number of pyridine rings is 2. The number of rotatable bonds is 3. The van der Waals surface area contributed by atoms with Gasteiger partial charge >= 0.3 is 0 Å².